The molecule has 0 aromatic heterocycles. The van der Waals surface area contributed by atoms with Crippen LogP contribution in [-0.2, 0) is 10.2 Å². The van der Waals surface area contributed by atoms with E-state index in [1.165, 1.54) is 5.56 Å². The molecule has 1 heterocycles. The molecular formula is C13H18O3. The summed E-state index contributed by atoms with van der Waals surface area (Å²) in [6, 6.07) is 8.15. The molecule has 1 aromatic carbocycles. The van der Waals surface area contributed by atoms with Gasteiger partial charge in [-0.3, -0.25) is 0 Å². The van der Waals surface area contributed by atoms with Gasteiger partial charge >= 0.3 is 0 Å². The molecule has 0 amide bonds. The predicted octanol–water partition coefficient (Wildman–Crippen LogP) is 1.74. The van der Waals surface area contributed by atoms with Crippen molar-refractivity contribution in [2.24, 2.45) is 0 Å². The predicted molar refractivity (Wildman–Crippen MR) is 61.8 cm³/mol. The Hall–Kier alpha value is -1.06. The van der Waals surface area contributed by atoms with Gasteiger partial charge in [0.15, 0.2) is 0 Å². The summed E-state index contributed by atoms with van der Waals surface area (Å²) in [5.41, 5.74) is 1.41. The maximum atomic E-state index is 8.92. The smallest absolute Gasteiger partial charge is 0.118 e. The number of aliphatic hydroxyl groups is 1. The largest absolute Gasteiger partial charge is 0.497 e. The van der Waals surface area contributed by atoms with Gasteiger partial charge in [-0.25, -0.2) is 0 Å². The minimum Gasteiger partial charge on any atom is -0.497 e. The lowest BCUT2D eigenvalue weighted by atomic mass is 9.75. The van der Waals surface area contributed by atoms with E-state index >= 15 is 0 Å². The molecule has 0 aliphatic carbocycles. The van der Waals surface area contributed by atoms with Crippen LogP contribution >= 0.6 is 0 Å². The Bertz CT molecular complexity index is 328. The van der Waals surface area contributed by atoms with Crippen molar-refractivity contribution in [2.75, 3.05) is 26.9 Å². The van der Waals surface area contributed by atoms with Gasteiger partial charge in [-0.1, -0.05) is 12.1 Å². The maximum Gasteiger partial charge on any atom is 0.118 e. The van der Waals surface area contributed by atoms with Gasteiger partial charge in [-0.2, -0.15) is 0 Å². The molecule has 1 N–H and O–H groups in total. The van der Waals surface area contributed by atoms with E-state index in [0.717, 1.165) is 31.8 Å². The van der Waals surface area contributed by atoms with Crippen molar-refractivity contribution in [3.8, 4) is 5.75 Å². The van der Waals surface area contributed by atoms with Crippen LogP contribution in [-0.4, -0.2) is 32.0 Å². The lowest BCUT2D eigenvalue weighted by molar-refractivity contribution is -0.0665. The van der Waals surface area contributed by atoms with E-state index in [4.69, 9.17) is 14.6 Å². The van der Waals surface area contributed by atoms with Crippen molar-refractivity contribution in [2.45, 2.75) is 18.3 Å². The number of methoxy groups -OCH3 is 1. The molecular weight excluding hydrogens is 204 g/mol. The molecule has 1 aliphatic rings. The second kappa shape index (κ2) is 4.85. The monoisotopic (exact) mass is 222 g/mol. The van der Waals surface area contributed by atoms with Crippen molar-refractivity contribution >= 4 is 0 Å². The molecule has 1 saturated heterocycles. The molecule has 0 radical (unpaired) electrons. The summed E-state index contributed by atoms with van der Waals surface area (Å²) >= 11 is 0. The Morgan fingerprint density at radius 2 is 2.00 bits per heavy atom. The zero-order valence-corrected chi connectivity index (χ0v) is 9.61. The van der Waals surface area contributed by atoms with E-state index in [9.17, 15) is 0 Å². The van der Waals surface area contributed by atoms with Crippen LogP contribution in [0.5, 0.6) is 5.75 Å². The average molecular weight is 222 g/mol. The van der Waals surface area contributed by atoms with Crippen LogP contribution in [0.15, 0.2) is 24.3 Å². The van der Waals surface area contributed by atoms with Crippen LogP contribution < -0.4 is 4.74 Å². The summed E-state index contributed by atoms with van der Waals surface area (Å²) in [6.45, 7) is 1.77. The Morgan fingerprint density at radius 1 is 1.31 bits per heavy atom. The summed E-state index contributed by atoms with van der Waals surface area (Å²) < 4.78 is 10.5. The number of benzene rings is 1. The van der Waals surface area contributed by atoms with Crippen LogP contribution in [0, 0.1) is 0 Å². The van der Waals surface area contributed by atoms with Crippen LogP contribution in [0.3, 0.4) is 0 Å². The van der Waals surface area contributed by atoms with Crippen molar-refractivity contribution < 1.29 is 14.6 Å². The fourth-order valence-corrected chi connectivity index (χ4v) is 2.17. The van der Waals surface area contributed by atoms with Crippen molar-refractivity contribution in [3.63, 3.8) is 0 Å². The van der Waals surface area contributed by atoms with Crippen LogP contribution in [0.1, 0.15) is 18.4 Å². The van der Waals surface area contributed by atoms with Crippen LogP contribution in [0.25, 0.3) is 0 Å². The maximum absolute atomic E-state index is 8.92. The lowest BCUT2D eigenvalue weighted by Crippen LogP contribution is -2.46. The SMILES string of the molecule is COc1ccc(C2(CCCO)COC2)cc1. The average Bonchev–Trinajstić information content (AvgIpc) is 2.29. The van der Waals surface area contributed by atoms with Gasteiger partial charge in [0.1, 0.15) is 5.75 Å². The van der Waals surface area contributed by atoms with Gasteiger partial charge in [0, 0.05) is 12.0 Å². The third-order valence-electron chi connectivity index (χ3n) is 3.27. The van der Waals surface area contributed by atoms with Gasteiger partial charge in [0.2, 0.25) is 0 Å². The summed E-state index contributed by atoms with van der Waals surface area (Å²) in [4.78, 5) is 0. The first-order chi connectivity index (χ1) is 7.80. The highest BCUT2D eigenvalue weighted by molar-refractivity contribution is 5.34. The summed E-state index contributed by atoms with van der Waals surface area (Å²) in [5.74, 6) is 0.876. The Kier molecular flexibility index (Phi) is 3.46. The molecule has 1 aliphatic heterocycles. The highest BCUT2D eigenvalue weighted by Crippen LogP contribution is 2.37. The highest BCUT2D eigenvalue weighted by atomic mass is 16.5. The van der Waals surface area contributed by atoms with E-state index in [0.29, 0.717) is 0 Å². The quantitative estimate of drug-likeness (QED) is 0.824. The standard InChI is InChI=1S/C13H18O3/c1-15-12-5-3-11(4-6-12)13(7-2-8-14)9-16-10-13/h3-6,14H,2,7-10H2,1H3. The number of ether oxygens (including phenoxy) is 2. The first kappa shape index (κ1) is 11.4. The van der Waals surface area contributed by atoms with Crippen molar-refractivity contribution in [1.82, 2.24) is 0 Å². The molecule has 0 atom stereocenters. The van der Waals surface area contributed by atoms with Crippen LogP contribution in [0.4, 0.5) is 0 Å². The van der Waals surface area contributed by atoms with E-state index < -0.39 is 0 Å². The normalized spacial score (nSPS) is 17.9. The summed E-state index contributed by atoms with van der Waals surface area (Å²) in [6.07, 6.45) is 1.81. The molecule has 0 unspecified atom stereocenters. The van der Waals surface area contributed by atoms with Gasteiger partial charge in [0.05, 0.1) is 20.3 Å². The number of rotatable bonds is 5. The lowest BCUT2D eigenvalue weighted by Gasteiger charge is -2.42. The molecule has 1 aromatic rings. The molecule has 3 nitrogen and oxygen atoms in total. The number of hydrogen-bond acceptors (Lipinski definition) is 3. The van der Waals surface area contributed by atoms with Gasteiger partial charge < -0.3 is 14.6 Å². The first-order valence-corrected chi connectivity index (χ1v) is 5.64. The zero-order valence-electron chi connectivity index (χ0n) is 9.61. The van der Waals surface area contributed by atoms with E-state index in [1.807, 2.05) is 12.1 Å². The van der Waals surface area contributed by atoms with Gasteiger partial charge in [-0.05, 0) is 30.5 Å². The minimum absolute atomic E-state index is 0.120. The molecule has 0 bridgehead atoms. The van der Waals surface area contributed by atoms with Gasteiger partial charge in [-0.15, -0.1) is 0 Å². The fourth-order valence-electron chi connectivity index (χ4n) is 2.17. The molecule has 0 spiro atoms. The molecule has 16 heavy (non-hydrogen) atoms. The minimum atomic E-state index is 0.120. The van der Waals surface area contributed by atoms with Crippen LogP contribution in [0.2, 0.25) is 0 Å². The number of hydrogen-bond donors (Lipinski definition) is 1. The van der Waals surface area contributed by atoms with Crippen molar-refractivity contribution in [3.05, 3.63) is 29.8 Å². The van der Waals surface area contributed by atoms with Gasteiger partial charge in [0.25, 0.3) is 0 Å². The Morgan fingerprint density at radius 3 is 2.44 bits per heavy atom. The summed E-state index contributed by atoms with van der Waals surface area (Å²) in [5, 5.41) is 8.92. The van der Waals surface area contributed by atoms with Crippen molar-refractivity contribution in [1.29, 1.82) is 0 Å². The van der Waals surface area contributed by atoms with E-state index in [-0.39, 0.29) is 12.0 Å². The first-order valence-electron chi connectivity index (χ1n) is 5.64. The fraction of sp³-hybridized carbons (Fsp3) is 0.538. The van der Waals surface area contributed by atoms with E-state index in [1.54, 1.807) is 7.11 Å². The zero-order chi connectivity index (χ0) is 11.4. The number of aliphatic hydroxyl groups excluding tert-OH is 1. The molecule has 3 heteroatoms. The Labute approximate surface area is 96.0 Å². The van der Waals surface area contributed by atoms with E-state index in [2.05, 4.69) is 12.1 Å². The molecule has 1 fully saturated rings. The third kappa shape index (κ3) is 2.06. The summed E-state index contributed by atoms with van der Waals surface area (Å²) in [7, 11) is 1.67. The second-order valence-corrected chi connectivity index (χ2v) is 4.33. The second-order valence-electron chi connectivity index (χ2n) is 4.33. The Balaban J connectivity index is 2.13. The third-order valence-corrected chi connectivity index (χ3v) is 3.27. The topological polar surface area (TPSA) is 38.7 Å². The molecule has 0 saturated carbocycles. The highest BCUT2D eigenvalue weighted by Gasteiger charge is 2.39. The molecule has 2 rings (SSSR count). The molecule has 88 valence electrons.